The van der Waals surface area contributed by atoms with Gasteiger partial charge in [0.2, 0.25) is 0 Å². The van der Waals surface area contributed by atoms with E-state index < -0.39 is 0 Å². The summed E-state index contributed by atoms with van der Waals surface area (Å²) in [5, 5.41) is 10.4. The second-order valence-corrected chi connectivity index (χ2v) is 3.82. The van der Waals surface area contributed by atoms with Gasteiger partial charge >= 0.3 is 0 Å². The van der Waals surface area contributed by atoms with Crippen molar-refractivity contribution in [2.75, 3.05) is 0 Å². The van der Waals surface area contributed by atoms with Gasteiger partial charge in [-0.15, -0.1) is 0 Å². The Balaban J connectivity index is 0.000000354. The van der Waals surface area contributed by atoms with Gasteiger partial charge in [-0.1, -0.05) is 13.8 Å². The number of hydrogen-bond acceptors (Lipinski definition) is 2. The normalized spacial score (nSPS) is 19.0. The van der Waals surface area contributed by atoms with E-state index in [4.69, 9.17) is 9.90 Å². The SMILES string of the molecule is CC(C)NC1(C)CCC1.O=CO. The first-order valence-corrected chi connectivity index (χ1v) is 4.39. The molecule has 0 bridgehead atoms. The van der Waals surface area contributed by atoms with Gasteiger partial charge in [-0.25, -0.2) is 0 Å². The summed E-state index contributed by atoms with van der Waals surface area (Å²) in [7, 11) is 0. The lowest BCUT2D eigenvalue weighted by Crippen LogP contribution is -2.51. The van der Waals surface area contributed by atoms with Crippen molar-refractivity contribution in [3.63, 3.8) is 0 Å². The summed E-state index contributed by atoms with van der Waals surface area (Å²) in [6.07, 6.45) is 4.15. The first kappa shape index (κ1) is 11.4. The minimum atomic E-state index is -0.250. The van der Waals surface area contributed by atoms with Gasteiger partial charge in [-0.3, -0.25) is 4.79 Å². The van der Waals surface area contributed by atoms with Gasteiger partial charge in [0.25, 0.3) is 6.47 Å². The van der Waals surface area contributed by atoms with Crippen LogP contribution in [-0.2, 0) is 4.79 Å². The lowest BCUT2D eigenvalue weighted by atomic mass is 9.78. The molecule has 1 fully saturated rings. The maximum absolute atomic E-state index is 8.36. The van der Waals surface area contributed by atoms with E-state index in [1.165, 1.54) is 19.3 Å². The Morgan fingerprint density at radius 2 is 1.92 bits per heavy atom. The number of carboxylic acid groups (broad SMARTS) is 1. The quantitative estimate of drug-likeness (QED) is 0.624. The Hall–Kier alpha value is -0.570. The molecule has 1 aliphatic carbocycles. The van der Waals surface area contributed by atoms with Gasteiger partial charge in [0, 0.05) is 11.6 Å². The van der Waals surface area contributed by atoms with E-state index in [-0.39, 0.29) is 6.47 Å². The third kappa shape index (κ3) is 4.34. The number of carbonyl (C=O) groups is 1. The molecule has 1 rings (SSSR count). The summed E-state index contributed by atoms with van der Waals surface area (Å²) in [6, 6.07) is 0.648. The van der Waals surface area contributed by atoms with Crippen molar-refractivity contribution in [1.82, 2.24) is 5.32 Å². The molecule has 0 saturated heterocycles. The predicted octanol–water partition coefficient (Wildman–Crippen LogP) is 1.63. The highest BCUT2D eigenvalue weighted by atomic mass is 16.3. The molecule has 0 unspecified atom stereocenters. The highest BCUT2D eigenvalue weighted by molar-refractivity contribution is 5.32. The standard InChI is InChI=1S/C8H17N.CH2O2/c1-7(2)9-8(3)5-4-6-8;2-1-3/h7,9H,4-6H2,1-3H3;1H,(H,2,3). The second-order valence-electron chi connectivity index (χ2n) is 3.82. The number of hydrogen-bond donors (Lipinski definition) is 2. The van der Waals surface area contributed by atoms with E-state index in [0.717, 1.165) is 0 Å². The zero-order valence-corrected chi connectivity index (χ0v) is 8.13. The molecule has 1 saturated carbocycles. The minimum Gasteiger partial charge on any atom is -0.483 e. The Kier molecular flexibility index (Phi) is 4.90. The van der Waals surface area contributed by atoms with Gasteiger partial charge in [0.1, 0.15) is 0 Å². The van der Waals surface area contributed by atoms with E-state index in [1.807, 2.05) is 0 Å². The smallest absolute Gasteiger partial charge is 0.290 e. The van der Waals surface area contributed by atoms with Gasteiger partial charge in [-0.05, 0) is 26.2 Å². The summed E-state index contributed by atoms with van der Waals surface area (Å²) in [6.45, 7) is 6.49. The fourth-order valence-electron chi connectivity index (χ4n) is 1.55. The Morgan fingerprint density at radius 3 is 2.00 bits per heavy atom. The highest BCUT2D eigenvalue weighted by Gasteiger charge is 2.31. The van der Waals surface area contributed by atoms with Crippen molar-refractivity contribution in [1.29, 1.82) is 0 Å². The van der Waals surface area contributed by atoms with Crippen molar-refractivity contribution >= 4 is 6.47 Å². The van der Waals surface area contributed by atoms with E-state index in [1.54, 1.807) is 0 Å². The first-order valence-electron chi connectivity index (χ1n) is 4.39. The van der Waals surface area contributed by atoms with Crippen LogP contribution in [0, 0.1) is 0 Å². The minimum absolute atomic E-state index is 0.250. The van der Waals surface area contributed by atoms with Crippen LogP contribution >= 0.6 is 0 Å². The maximum Gasteiger partial charge on any atom is 0.290 e. The molecule has 0 radical (unpaired) electrons. The molecule has 12 heavy (non-hydrogen) atoms. The molecule has 72 valence electrons. The largest absolute Gasteiger partial charge is 0.483 e. The fraction of sp³-hybridized carbons (Fsp3) is 0.889. The highest BCUT2D eigenvalue weighted by Crippen LogP contribution is 2.31. The van der Waals surface area contributed by atoms with Crippen LogP contribution in [0.1, 0.15) is 40.0 Å². The van der Waals surface area contributed by atoms with Crippen molar-refractivity contribution < 1.29 is 9.90 Å². The van der Waals surface area contributed by atoms with Crippen LogP contribution in [0.5, 0.6) is 0 Å². The van der Waals surface area contributed by atoms with E-state index >= 15 is 0 Å². The summed E-state index contributed by atoms with van der Waals surface area (Å²) < 4.78 is 0. The van der Waals surface area contributed by atoms with Crippen LogP contribution in [0.25, 0.3) is 0 Å². The average Bonchev–Trinajstić information content (AvgIpc) is 1.84. The molecule has 2 N–H and O–H groups in total. The van der Waals surface area contributed by atoms with Gasteiger partial charge in [0.15, 0.2) is 0 Å². The molecular weight excluding hydrogens is 154 g/mol. The zero-order valence-electron chi connectivity index (χ0n) is 8.13. The lowest BCUT2D eigenvalue weighted by Gasteiger charge is -2.41. The topological polar surface area (TPSA) is 49.3 Å². The first-order chi connectivity index (χ1) is 5.54. The van der Waals surface area contributed by atoms with E-state index in [2.05, 4.69) is 26.1 Å². The summed E-state index contributed by atoms with van der Waals surface area (Å²) >= 11 is 0. The molecule has 0 amide bonds. The van der Waals surface area contributed by atoms with Crippen LogP contribution < -0.4 is 5.32 Å². The van der Waals surface area contributed by atoms with Crippen LogP contribution in [0.2, 0.25) is 0 Å². The molecule has 0 aromatic rings. The molecule has 1 aliphatic rings. The Labute approximate surface area is 74.2 Å². The van der Waals surface area contributed by atoms with E-state index in [0.29, 0.717) is 11.6 Å². The Morgan fingerprint density at radius 1 is 1.50 bits per heavy atom. The zero-order chi connectivity index (χ0) is 9.61. The van der Waals surface area contributed by atoms with E-state index in [9.17, 15) is 0 Å². The van der Waals surface area contributed by atoms with Crippen molar-refractivity contribution in [2.24, 2.45) is 0 Å². The molecule has 3 nitrogen and oxygen atoms in total. The summed E-state index contributed by atoms with van der Waals surface area (Å²) in [4.78, 5) is 8.36. The van der Waals surface area contributed by atoms with Crippen LogP contribution in [0.3, 0.4) is 0 Å². The molecule has 0 aromatic heterocycles. The summed E-state index contributed by atoms with van der Waals surface area (Å²) in [5.41, 5.74) is 0.494. The van der Waals surface area contributed by atoms with Crippen LogP contribution in [0.4, 0.5) is 0 Å². The number of rotatable bonds is 2. The Bertz CT molecular complexity index is 130. The van der Waals surface area contributed by atoms with Crippen molar-refractivity contribution in [3.05, 3.63) is 0 Å². The molecule has 0 heterocycles. The maximum atomic E-state index is 8.36. The van der Waals surface area contributed by atoms with Gasteiger partial charge < -0.3 is 10.4 Å². The second kappa shape index (κ2) is 5.14. The van der Waals surface area contributed by atoms with Gasteiger partial charge in [0.05, 0.1) is 0 Å². The lowest BCUT2D eigenvalue weighted by molar-refractivity contribution is -0.122. The van der Waals surface area contributed by atoms with Crippen LogP contribution in [0.15, 0.2) is 0 Å². The average molecular weight is 173 g/mol. The van der Waals surface area contributed by atoms with Crippen molar-refractivity contribution in [3.8, 4) is 0 Å². The monoisotopic (exact) mass is 173 g/mol. The third-order valence-electron chi connectivity index (χ3n) is 2.09. The third-order valence-corrected chi connectivity index (χ3v) is 2.09. The predicted molar refractivity (Wildman–Crippen MR) is 49.2 cm³/mol. The van der Waals surface area contributed by atoms with Gasteiger partial charge in [-0.2, -0.15) is 0 Å². The molecular formula is C9H19NO2. The fourth-order valence-corrected chi connectivity index (χ4v) is 1.55. The van der Waals surface area contributed by atoms with Crippen LogP contribution in [-0.4, -0.2) is 23.2 Å². The molecule has 0 atom stereocenters. The molecule has 0 aliphatic heterocycles. The number of nitrogens with one attached hydrogen (secondary N) is 1. The molecule has 3 heteroatoms. The van der Waals surface area contributed by atoms with Crippen molar-refractivity contribution in [2.45, 2.75) is 51.6 Å². The molecule has 0 aromatic carbocycles. The molecule has 0 spiro atoms. The summed E-state index contributed by atoms with van der Waals surface area (Å²) in [5.74, 6) is 0.